The molecule has 1 aliphatic heterocycles. The Balaban J connectivity index is 1.70. The first-order chi connectivity index (χ1) is 14.2. The van der Waals surface area contributed by atoms with Crippen molar-refractivity contribution in [2.75, 3.05) is 20.8 Å². The molecule has 2 aromatic carbocycles. The first kappa shape index (κ1) is 19.1. The van der Waals surface area contributed by atoms with Gasteiger partial charge in [-0.2, -0.15) is 0 Å². The van der Waals surface area contributed by atoms with E-state index in [4.69, 9.17) is 14.5 Å². The molecule has 2 heterocycles. The van der Waals surface area contributed by atoms with Crippen LogP contribution >= 0.6 is 0 Å². The van der Waals surface area contributed by atoms with Gasteiger partial charge in [0.25, 0.3) is 5.91 Å². The molecule has 0 aliphatic carbocycles. The molecule has 1 saturated heterocycles. The zero-order chi connectivity index (χ0) is 20.4. The van der Waals surface area contributed by atoms with Crippen molar-refractivity contribution in [1.29, 1.82) is 0 Å². The summed E-state index contributed by atoms with van der Waals surface area (Å²) in [6.45, 7) is 2.63. The number of methoxy groups -OCH3 is 2. The number of nitrogens with one attached hydrogen (secondary N) is 1. The van der Waals surface area contributed by atoms with Crippen molar-refractivity contribution in [3.63, 3.8) is 0 Å². The van der Waals surface area contributed by atoms with Gasteiger partial charge >= 0.3 is 0 Å². The summed E-state index contributed by atoms with van der Waals surface area (Å²) >= 11 is 0. The molecule has 1 unspecified atom stereocenters. The number of carbonyl (C=O) groups excluding carboxylic acids is 1. The molecule has 29 heavy (non-hydrogen) atoms. The smallest absolute Gasteiger partial charge is 0.254 e. The first-order valence-corrected chi connectivity index (χ1v) is 9.80. The third kappa shape index (κ3) is 3.46. The second kappa shape index (κ2) is 7.99. The molecule has 6 nitrogen and oxygen atoms in total. The summed E-state index contributed by atoms with van der Waals surface area (Å²) < 4.78 is 11.0. The molecule has 3 aromatic rings. The van der Waals surface area contributed by atoms with Crippen molar-refractivity contribution in [3.8, 4) is 11.5 Å². The number of likely N-dealkylation sites (tertiary alicyclic amines) is 1. The van der Waals surface area contributed by atoms with Crippen LogP contribution in [0.25, 0.3) is 17.1 Å². The Morgan fingerprint density at radius 3 is 2.79 bits per heavy atom. The van der Waals surface area contributed by atoms with Gasteiger partial charge in [0.1, 0.15) is 5.82 Å². The van der Waals surface area contributed by atoms with E-state index in [1.165, 1.54) is 0 Å². The van der Waals surface area contributed by atoms with Crippen LogP contribution in [-0.4, -0.2) is 41.5 Å². The molecule has 0 bridgehead atoms. The van der Waals surface area contributed by atoms with E-state index in [1.807, 2.05) is 54.3 Å². The molecular formula is C23H25N3O3. The van der Waals surface area contributed by atoms with Gasteiger partial charge in [-0.1, -0.05) is 24.3 Å². The van der Waals surface area contributed by atoms with Crippen molar-refractivity contribution in [2.45, 2.75) is 25.8 Å². The van der Waals surface area contributed by atoms with Crippen LogP contribution in [0.2, 0.25) is 0 Å². The second-order valence-corrected chi connectivity index (χ2v) is 7.10. The lowest BCUT2D eigenvalue weighted by atomic mass is 10.1. The Bertz CT molecular complexity index is 1040. The van der Waals surface area contributed by atoms with Crippen LogP contribution < -0.4 is 9.47 Å². The van der Waals surface area contributed by atoms with Crippen LogP contribution in [0.1, 0.15) is 47.6 Å². The Morgan fingerprint density at radius 2 is 2.07 bits per heavy atom. The number of benzene rings is 2. The van der Waals surface area contributed by atoms with Crippen LogP contribution in [-0.2, 0) is 0 Å². The van der Waals surface area contributed by atoms with E-state index in [0.717, 1.165) is 35.3 Å². The topological polar surface area (TPSA) is 67.5 Å². The van der Waals surface area contributed by atoms with E-state index in [2.05, 4.69) is 4.98 Å². The molecule has 6 heteroatoms. The zero-order valence-corrected chi connectivity index (χ0v) is 16.9. The number of rotatable bonds is 5. The number of hydrogen-bond donors (Lipinski definition) is 1. The lowest BCUT2D eigenvalue weighted by Gasteiger charge is -2.24. The summed E-state index contributed by atoms with van der Waals surface area (Å²) in [6.07, 6.45) is 5.67. The highest BCUT2D eigenvalue weighted by Gasteiger charge is 2.33. The summed E-state index contributed by atoms with van der Waals surface area (Å²) in [5.74, 6) is 1.98. The highest BCUT2D eigenvalue weighted by molar-refractivity contribution is 5.96. The van der Waals surface area contributed by atoms with E-state index in [1.54, 1.807) is 20.3 Å². The van der Waals surface area contributed by atoms with E-state index >= 15 is 0 Å². The number of aromatic amines is 1. The maximum absolute atomic E-state index is 13.4. The maximum Gasteiger partial charge on any atom is 0.254 e. The van der Waals surface area contributed by atoms with Crippen molar-refractivity contribution in [1.82, 2.24) is 14.9 Å². The number of amides is 1. The molecule has 150 valence electrons. The maximum atomic E-state index is 13.4. The van der Waals surface area contributed by atoms with Crippen molar-refractivity contribution in [2.24, 2.45) is 0 Å². The summed E-state index contributed by atoms with van der Waals surface area (Å²) in [4.78, 5) is 23.4. The third-order valence-corrected chi connectivity index (χ3v) is 5.34. The van der Waals surface area contributed by atoms with Crippen molar-refractivity contribution < 1.29 is 14.3 Å². The Hall–Kier alpha value is -3.28. The zero-order valence-electron chi connectivity index (χ0n) is 16.9. The van der Waals surface area contributed by atoms with Crippen LogP contribution in [0.4, 0.5) is 0 Å². The van der Waals surface area contributed by atoms with E-state index in [0.29, 0.717) is 23.6 Å². The van der Waals surface area contributed by atoms with Crippen molar-refractivity contribution in [3.05, 3.63) is 59.4 Å². The quantitative estimate of drug-likeness (QED) is 0.691. The number of ether oxygens (including phenoxy) is 2. The molecule has 1 aliphatic rings. The second-order valence-electron chi connectivity index (χ2n) is 7.10. The highest BCUT2D eigenvalue weighted by atomic mass is 16.5. The number of fused-ring (bicyclic) bond motifs is 1. The normalized spacial score (nSPS) is 16.7. The Kier molecular flexibility index (Phi) is 5.25. The van der Waals surface area contributed by atoms with Crippen LogP contribution in [0.15, 0.2) is 42.5 Å². The van der Waals surface area contributed by atoms with Gasteiger partial charge in [-0.05, 0) is 44.0 Å². The number of imidazole rings is 1. The van der Waals surface area contributed by atoms with Gasteiger partial charge in [-0.3, -0.25) is 4.79 Å². The fraction of sp³-hybridized carbons (Fsp3) is 0.304. The molecule has 4 rings (SSSR count). The van der Waals surface area contributed by atoms with Gasteiger partial charge in [-0.25, -0.2) is 4.98 Å². The highest BCUT2D eigenvalue weighted by Crippen LogP contribution is 2.37. The number of carbonyl (C=O) groups is 1. The molecule has 1 N–H and O–H groups in total. The number of H-pyrrole nitrogens is 1. The summed E-state index contributed by atoms with van der Waals surface area (Å²) in [6, 6.07) is 11.5. The molecule has 1 fully saturated rings. The standard InChI is InChI=1S/C23H25N3O3/c1-4-8-15-13-16(14-20(28-2)21(15)29-3)23(27)26-12-7-11-19(26)22-24-17-9-5-6-10-18(17)25-22/h4-6,8-10,13-14,19H,7,11-12H2,1-3H3,(H,24,25). The largest absolute Gasteiger partial charge is 0.493 e. The van der Waals surface area contributed by atoms with Crippen molar-refractivity contribution >= 4 is 23.0 Å². The number of allylic oxidation sites excluding steroid dienone is 1. The molecule has 0 radical (unpaired) electrons. The van der Waals surface area contributed by atoms with Gasteiger partial charge in [0.05, 0.1) is 31.3 Å². The van der Waals surface area contributed by atoms with Crippen LogP contribution in [0, 0.1) is 0 Å². The van der Waals surface area contributed by atoms with Crippen LogP contribution in [0.3, 0.4) is 0 Å². The minimum absolute atomic E-state index is 0.0281. The number of hydrogen-bond acceptors (Lipinski definition) is 4. The van der Waals surface area contributed by atoms with Gasteiger partial charge in [0.2, 0.25) is 0 Å². The number of para-hydroxylation sites is 2. The first-order valence-electron chi connectivity index (χ1n) is 9.80. The summed E-state index contributed by atoms with van der Waals surface area (Å²) in [7, 11) is 3.18. The minimum Gasteiger partial charge on any atom is -0.493 e. The fourth-order valence-corrected chi connectivity index (χ4v) is 4.01. The van der Waals surface area contributed by atoms with Gasteiger partial charge in [0.15, 0.2) is 11.5 Å². The monoisotopic (exact) mass is 391 g/mol. The predicted molar refractivity (Wildman–Crippen MR) is 113 cm³/mol. The Labute approximate surface area is 170 Å². The van der Waals surface area contributed by atoms with E-state index in [-0.39, 0.29) is 11.9 Å². The van der Waals surface area contributed by atoms with Gasteiger partial charge in [0, 0.05) is 17.7 Å². The average Bonchev–Trinajstić information content (AvgIpc) is 3.39. The summed E-state index contributed by atoms with van der Waals surface area (Å²) in [5, 5.41) is 0. The summed E-state index contributed by atoms with van der Waals surface area (Å²) in [5.41, 5.74) is 3.31. The van der Waals surface area contributed by atoms with Gasteiger partial charge in [-0.15, -0.1) is 0 Å². The predicted octanol–water partition coefficient (Wildman–Crippen LogP) is 4.59. The molecular weight excluding hydrogens is 366 g/mol. The molecule has 0 spiro atoms. The molecule has 1 aromatic heterocycles. The number of nitrogens with zero attached hydrogens (tertiary/aromatic N) is 2. The Morgan fingerprint density at radius 1 is 1.24 bits per heavy atom. The fourth-order valence-electron chi connectivity index (χ4n) is 4.01. The lowest BCUT2D eigenvalue weighted by Crippen LogP contribution is -2.31. The lowest BCUT2D eigenvalue weighted by molar-refractivity contribution is 0.0730. The molecule has 1 atom stereocenters. The van der Waals surface area contributed by atoms with E-state index in [9.17, 15) is 4.79 Å². The molecule has 1 amide bonds. The minimum atomic E-state index is -0.0619. The van der Waals surface area contributed by atoms with Crippen LogP contribution in [0.5, 0.6) is 11.5 Å². The van der Waals surface area contributed by atoms with Gasteiger partial charge < -0.3 is 19.4 Å². The SMILES string of the molecule is CC=Cc1cc(C(=O)N2CCCC2c2nc3ccccc3[nH]2)cc(OC)c1OC. The average molecular weight is 391 g/mol. The van der Waals surface area contributed by atoms with E-state index < -0.39 is 0 Å². The number of aromatic nitrogens is 2. The molecule has 0 saturated carbocycles. The third-order valence-electron chi connectivity index (χ3n) is 5.34.